The summed E-state index contributed by atoms with van der Waals surface area (Å²) in [4.78, 5) is 3.98. The number of hydrogen-bond acceptors (Lipinski definition) is 2. The maximum atomic E-state index is 12.9. The number of nitrogens with zero attached hydrogens (tertiary/aromatic N) is 1. The molecular weight excluding hydrogens is 251 g/mol. The van der Waals surface area contributed by atoms with Crippen LogP contribution in [0.3, 0.4) is 0 Å². The average Bonchev–Trinajstić information content (AvgIpc) is 2.38. The number of rotatable bonds is 4. The summed E-state index contributed by atoms with van der Waals surface area (Å²) >= 11 is 5.97. The highest BCUT2D eigenvalue weighted by molar-refractivity contribution is 6.31. The van der Waals surface area contributed by atoms with Crippen LogP contribution in [0.4, 0.5) is 4.39 Å². The molecule has 0 bridgehead atoms. The van der Waals surface area contributed by atoms with Crippen LogP contribution >= 0.6 is 11.6 Å². The molecule has 0 fully saturated rings. The van der Waals surface area contributed by atoms with E-state index in [1.54, 1.807) is 18.5 Å². The molecule has 94 valence electrons. The first kappa shape index (κ1) is 13.0. The third kappa shape index (κ3) is 3.28. The fourth-order valence-corrected chi connectivity index (χ4v) is 1.93. The molecule has 0 aliphatic rings. The number of hydrogen-bond donors (Lipinski definition) is 1. The average molecular weight is 265 g/mol. The third-order valence-electron chi connectivity index (χ3n) is 2.82. The van der Waals surface area contributed by atoms with Crippen molar-refractivity contribution in [3.05, 3.63) is 64.7 Å². The maximum absolute atomic E-state index is 12.9. The Labute approximate surface area is 111 Å². The van der Waals surface area contributed by atoms with Gasteiger partial charge in [-0.05, 0) is 42.3 Å². The lowest BCUT2D eigenvalue weighted by atomic mass is 10.1. The van der Waals surface area contributed by atoms with Gasteiger partial charge in [0.15, 0.2) is 0 Å². The SMILES string of the molecule is C[C@@H](NCc1ccc(F)cc1Cl)c1ccncc1. The van der Waals surface area contributed by atoms with Crippen LogP contribution in [0.2, 0.25) is 5.02 Å². The van der Waals surface area contributed by atoms with Crippen LogP contribution in [-0.2, 0) is 6.54 Å². The van der Waals surface area contributed by atoms with E-state index in [9.17, 15) is 4.39 Å². The van der Waals surface area contributed by atoms with Crippen molar-refractivity contribution in [1.29, 1.82) is 0 Å². The zero-order valence-corrected chi connectivity index (χ0v) is 10.8. The van der Waals surface area contributed by atoms with E-state index in [1.807, 2.05) is 12.1 Å². The second kappa shape index (κ2) is 5.94. The molecule has 0 saturated carbocycles. The van der Waals surface area contributed by atoms with Gasteiger partial charge in [-0.2, -0.15) is 0 Å². The van der Waals surface area contributed by atoms with E-state index in [4.69, 9.17) is 11.6 Å². The normalized spacial score (nSPS) is 12.4. The smallest absolute Gasteiger partial charge is 0.124 e. The van der Waals surface area contributed by atoms with E-state index in [0.717, 1.165) is 11.1 Å². The van der Waals surface area contributed by atoms with Crippen LogP contribution < -0.4 is 5.32 Å². The van der Waals surface area contributed by atoms with Crippen molar-refractivity contribution in [2.75, 3.05) is 0 Å². The van der Waals surface area contributed by atoms with Gasteiger partial charge in [0.05, 0.1) is 0 Å². The second-order valence-electron chi connectivity index (χ2n) is 4.12. The fourth-order valence-electron chi connectivity index (χ4n) is 1.70. The van der Waals surface area contributed by atoms with Crippen molar-refractivity contribution < 1.29 is 4.39 Å². The van der Waals surface area contributed by atoms with Crippen LogP contribution in [0.5, 0.6) is 0 Å². The molecule has 0 amide bonds. The standard InChI is InChI=1S/C14H14ClFN2/c1-10(11-4-6-17-7-5-11)18-9-12-2-3-13(16)8-14(12)15/h2-8,10,18H,9H2,1H3/t10-/m1/s1. The Kier molecular flexibility index (Phi) is 4.28. The first-order chi connectivity index (χ1) is 8.66. The number of halogens is 2. The fraction of sp³-hybridized carbons (Fsp3) is 0.214. The molecule has 1 aromatic carbocycles. The highest BCUT2D eigenvalue weighted by Gasteiger charge is 2.06. The van der Waals surface area contributed by atoms with Crippen molar-refractivity contribution in [2.24, 2.45) is 0 Å². The molecule has 1 heterocycles. The Morgan fingerprint density at radius 2 is 2.00 bits per heavy atom. The van der Waals surface area contributed by atoms with E-state index in [0.29, 0.717) is 11.6 Å². The molecule has 4 heteroatoms. The minimum absolute atomic E-state index is 0.189. The molecule has 1 atom stereocenters. The molecule has 0 aliphatic heterocycles. The molecule has 0 saturated heterocycles. The van der Waals surface area contributed by atoms with Gasteiger partial charge in [0.2, 0.25) is 0 Å². The number of aromatic nitrogens is 1. The zero-order valence-electron chi connectivity index (χ0n) is 10.0. The molecule has 2 aromatic rings. The monoisotopic (exact) mass is 264 g/mol. The van der Waals surface area contributed by atoms with Gasteiger partial charge in [0, 0.05) is 30.0 Å². The Balaban J connectivity index is 1.99. The van der Waals surface area contributed by atoms with Crippen molar-refractivity contribution in [3.63, 3.8) is 0 Å². The first-order valence-corrected chi connectivity index (χ1v) is 6.12. The highest BCUT2D eigenvalue weighted by atomic mass is 35.5. The summed E-state index contributed by atoms with van der Waals surface area (Å²) in [5.74, 6) is -0.314. The summed E-state index contributed by atoms with van der Waals surface area (Å²) in [5, 5.41) is 3.79. The molecule has 0 unspecified atom stereocenters. The Morgan fingerprint density at radius 1 is 1.28 bits per heavy atom. The first-order valence-electron chi connectivity index (χ1n) is 5.74. The highest BCUT2D eigenvalue weighted by Crippen LogP contribution is 2.18. The Hall–Kier alpha value is -1.45. The molecular formula is C14H14ClFN2. The maximum Gasteiger partial charge on any atom is 0.124 e. The van der Waals surface area contributed by atoms with Crippen LogP contribution in [0.1, 0.15) is 24.1 Å². The summed E-state index contributed by atoms with van der Waals surface area (Å²) in [6.45, 7) is 2.66. The quantitative estimate of drug-likeness (QED) is 0.910. The van der Waals surface area contributed by atoms with Gasteiger partial charge in [-0.3, -0.25) is 4.98 Å². The summed E-state index contributed by atoms with van der Waals surface area (Å²) in [6, 6.07) is 8.56. The van der Waals surface area contributed by atoms with Gasteiger partial charge in [0.25, 0.3) is 0 Å². The number of nitrogens with one attached hydrogen (secondary N) is 1. The molecule has 0 radical (unpaired) electrons. The summed E-state index contributed by atoms with van der Waals surface area (Å²) in [5.41, 5.74) is 2.04. The lowest BCUT2D eigenvalue weighted by Gasteiger charge is -2.14. The van der Waals surface area contributed by atoms with Crippen molar-refractivity contribution in [3.8, 4) is 0 Å². The Bertz CT molecular complexity index is 516. The van der Waals surface area contributed by atoms with E-state index < -0.39 is 0 Å². The Morgan fingerprint density at radius 3 is 2.67 bits per heavy atom. The molecule has 18 heavy (non-hydrogen) atoms. The molecule has 0 aliphatic carbocycles. The zero-order chi connectivity index (χ0) is 13.0. The minimum atomic E-state index is -0.314. The van der Waals surface area contributed by atoms with Crippen LogP contribution in [-0.4, -0.2) is 4.98 Å². The lowest BCUT2D eigenvalue weighted by Crippen LogP contribution is -2.18. The van der Waals surface area contributed by atoms with E-state index >= 15 is 0 Å². The summed E-state index contributed by atoms with van der Waals surface area (Å²) < 4.78 is 12.9. The third-order valence-corrected chi connectivity index (χ3v) is 3.17. The van der Waals surface area contributed by atoms with Gasteiger partial charge >= 0.3 is 0 Å². The van der Waals surface area contributed by atoms with Crippen LogP contribution in [0.25, 0.3) is 0 Å². The molecule has 0 spiro atoms. The molecule has 2 rings (SSSR count). The van der Waals surface area contributed by atoms with Crippen LogP contribution in [0.15, 0.2) is 42.7 Å². The van der Waals surface area contributed by atoms with E-state index in [2.05, 4.69) is 17.2 Å². The van der Waals surface area contributed by atoms with Gasteiger partial charge in [-0.1, -0.05) is 17.7 Å². The summed E-state index contributed by atoms with van der Waals surface area (Å²) in [6.07, 6.45) is 3.52. The van der Waals surface area contributed by atoms with Crippen LogP contribution in [0, 0.1) is 5.82 Å². The van der Waals surface area contributed by atoms with Gasteiger partial charge in [0.1, 0.15) is 5.82 Å². The summed E-state index contributed by atoms with van der Waals surface area (Å²) in [7, 11) is 0. The van der Waals surface area contributed by atoms with Crippen molar-refractivity contribution in [2.45, 2.75) is 19.5 Å². The van der Waals surface area contributed by atoms with Crippen molar-refractivity contribution in [1.82, 2.24) is 10.3 Å². The second-order valence-corrected chi connectivity index (χ2v) is 4.53. The van der Waals surface area contributed by atoms with E-state index in [-0.39, 0.29) is 11.9 Å². The van der Waals surface area contributed by atoms with Gasteiger partial charge in [-0.15, -0.1) is 0 Å². The molecule has 2 nitrogen and oxygen atoms in total. The van der Waals surface area contributed by atoms with Gasteiger partial charge in [-0.25, -0.2) is 4.39 Å². The molecule has 1 aromatic heterocycles. The van der Waals surface area contributed by atoms with Gasteiger partial charge < -0.3 is 5.32 Å². The predicted molar refractivity (Wildman–Crippen MR) is 70.9 cm³/mol. The predicted octanol–water partition coefficient (Wildman–Crippen LogP) is 3.72. The minimum Gasteiger partial charge on any atom is -0.306 e. The topological polar surface area (TPSA) is 24.9 Å². The number of pyridine rings is 1. The lowest BCUT2D eigenvalue weighted by molar-refractivity contribution is 0.572. The number of benzene rings is 1. The van der Waals surface area contributed by atoms with E-state index in [1.165, 1.54) is 12.1 Å². The largest absolute Gasteiger partial charge is 0.306 e. The molecule has 1 N–H and O–H groups in total. The van der Waals surface area contributed by atoms with Crippen molar-refractivity contribution >= 4 is 11.6 Å².